The van der Waals surface area contributed by atoms with E-state index in [1.807, 2.05) is 6.08 Å². The number of carbonyl (C=O) groups excluding carboxylic acids is 2. The van der Waals surface area contributed by atoms with Crippen LogP contribution in [-0.2, 0) is 9.59 Å². The van der Waals surface area contributed by atoms with Gasteiger partial charge in [0, 0.05) is 5.92 Å². The van der Waals surface area contributed by atoms with E-state index in [1.165, 1.54) is 5.57 Å². The van der Waals surface area contributed by atoms with Gasteiger partial charge in [-0.05, 0) is 37.7 Å². The lowest BCUT2D eigenvalue weighted by atomic mass is 9.68. The molecule has 0 aliphatic heterocycles. The summed E-state index contributed by atoms with van der Waals surface area (Å²) in [6, 6.07) is 0. The molecule has 0 saturated heterocycles. The quantitative estimate of drug-likeness (QED) is 0.317. The van der Waals surface area contributed by atoms with Crippen molar-refractivity contribution in [1.29, 1.82) is 0 Å². The molecule has 0 aromatic rings. The highest BCUT2D eigenvalue weighted by Gasteiger charge is 2.31. The van der Waals surface area contributed by atoms with E-state index in [0.29, 0.717) is 11.9 Å². The highest BCUT2D eigenvalue weighted by atomic mass is 16.2. The molecule has 1 aliphatic carbocycles. The van der Waals surface area contributed by atoms with Crippen molar-refractivity contribution in [3.63, 3.8) is 0 Å². The average Bonchev–Trinajstić information content (AvgIpc) is 2.21. The number of hydrogen-bond donors (Lipinski definition) is 0. The van der Waals surface area contributed by atoms with Gasteiger partial charge < -0.3 is 0 Å². The summed E-state index contributed by atoms with van der Waals surface area (Å²) in [5.74, 6) is -0.140. The molecule has 0 fully saturated rings. The molecule has 0 radical (unpaired) electrons. The summed E-state index contributed by atoms with van der Waals surface area (Å²) >= 11 is 0. The Balaban J connectivity index is 3.01. The second-order valence-corrected chi connectivity index (χ2v) is 5.28. The molecule has 88 valence electrons. The minimum Gasteiger partial charge on any atom is -0.294 e. The summed E-state index contributed by atoms with van der Waals surface area (Å²) in [4.78, 5) is 21.7. The number of allylic oxidation sites excluding steroid dienone is 4. The van der Waals surface area contributed by atoms with Gasteiger partial charge in [-0.3, -0.25) is 9.59 Å². The van der Waals surface area contributed by atoms with E-state index in [-0.39, 0.29) is 11.3 Å². The van der Waals surface area contributed by atoms with Gasteiger partial charge in [-0.1, -0.05) is 31.6 Å². The van der Waals surface area contributed by atoms with Crippen molar-refractivity contribution in [3.05, 3.63) is 23.3 Å². The monoisotopic (exact) mass is 220 g/mol. The van der Waals surface area contributed by atoms with E-state index >= 15 is 0 Å². The summed E-state index contributed by atoms with van der Waals surface area (Å²) in [7, 11) is 0. The maximum Gasteiger partial charge on any atom is 0.220 e. The zero-order valence-corrected chi connectivity index (χ0v) is 10.5. The molecule has 16 heavy (non-hydrogen) atoms. The van der Waals surface area contributed by atoms with E-state index in [1.54, 1.807) is 6.92 Å². The largest absolute Gasteiger partial charge is 0.294 e. The van der Waals surface area contributed by atoms with Crippen molar-refractivity contribution >= 4 is 12.1 Å². The van der Waals surface area contributed by atoms with Crippen molar-refractivity contribution in [3.8, 4) is 0 Å². The molecular weight excluding hydrogens is 200 g/mol. The predicted molar refractivity (Wildman–Crippen MR) is 65.1 cm³/mol. The van der Waals surface area contributed by atoms with Crippen molar-refractivity contribution in [2.75, 3.05) is 0 Å². The number of rotatable bonds is 3. The highest BCUT2D eigenvalue weighted by Crippen LogP contribution is 2.42. The summed E-state index contributed by atoms with van der Waals surface area (Å²) in [6.07, 6.45) is 6.78. The average molecular weight is 220 g/mol. The summed E-state index contributed by atoms with van der Waals surface area (Å²) in [5.41, 5.74) is 2.03. The third kappa shape index (κ3) is 2.69. The van der Waals surface area contributed by atoms with E-state index in [9.17, 15) is 9.59 Å². The van der Waals surface area contributed by atoms with Crippen LogP contribution in [-0.4, -0.2) is 12.1 Å². The summed E-state index contributed by atoms with van der Waals surface area (Å²) in [6.45, 7) is 8.24. The molecule has 0 saturated carbocycles. The first-order valence-electron chi connectivity index (χ1n) is 5.73. The van der Waals surface area contributed by atoms with Crippen molar-refractivity contribution in [1.82, 2.24) is 0 Å². The second-order valence-electron chi connectivity index (χ2n) is 5.28. The van der Waals surface area contributed by atoms with Gasteiger partial charge >= 0.3 is 0 Å². The maximum absolute atomic E-state index is 11.2. The second kappa shape index (κ2) is 4.77. The number of ketones is 1. The topological polar surface area (TPSA) is 34.1 Å². The van der Waals surface area contributed by atoms with Crippen LogP contribution >= 0.6 is 0 Å². The molecule has 0 amide bonds. The molecule has 2 nitrogen and oxygen atoms in total. The van der Waals surface area contributed by atoms with Gasteiger partial charge in [0.05, 0.1) is 0 Å². The van der Waals surface area contributed by atoms with Crippen LogP contribution in [0, 0.1) is 11.3 Å². The van der Waals surface area contributed by atoms with Crippen LogP contribution in [0.2, 0.25) is 0 Å². The SMILES string of the molecule is CC1=CCCC(C)(C)C1/C=C(\C)C(=O)C=O. The van der Waals surface area contributed by atoms with Crippen LogP contribution in [0.15, 0.2) is 23.3 Å². The minimum absolute atomic E-state index is 0.170. The van der Waals surface area contributed by atoms with Crippen molar-refractivity contribution in [2.45, 2.75) is 40.5 Å². The van der Waals surface area contributed by atoms with Gasteiger partial charge in [0.15, 0.2) is 6.29 Å². The van der Waals surface area contributed by atoms with Gasteiger partial charge in [-0.15, -0.1) is 0 Å². The van der Waals surface area contributed by atoms with Gasteiger partial charge in [-0.25, -0.2) is 0 Å². The van der Waals surface area contributed by atoms with E-state index in [0.717, 1.165) is 12.8 Å². The Kier molecular flexibility index (Phi) is 3.84. The van der Waals surface area contributed by atoms with E-state index < -0.39 is 5.78 Å². The number of aldehydes is 1. The molecule has 0 aromatic heterocycles. The zero-order chi connectivity index (χ0) is 12.3. The molecule has 0 N–H and O–H groups in total. The Bertz CT molecular complexity index is 359. The molecular formula is C14H20O2. The normalized spacial score (nSPS) is 24.9. The van der Waals surface area contributed by atoms with Gasteiger partial charge in [0.1, 0.15) is 0 Å². The highest BCUT2D eigenvalue weighted by molar-refractivity contribution is 6.32. The van der Waals surface area contributed by atoms with Crippen LogP contribution in [0.1, 0.15) is 40.5 Å². The molecule has 0 aromatic carbocycles. The smallest absolute Gasteiger partial charge is 0.220 e. The Morgan fingerprint density at radius 2 is 2.12 bits per heavy atom. The Hall–Kier alpha value is -1.18. The van der Waals surface area contributed by atoms with Crippen LogP contribution in [0.3, 0.4) is 0 Å². The molecule has 1 unspecified atom stereocenters. The third-order valence-electron chi connectivity index (χ3n) is 3.50. The lowest BCUT2D eigenvalue weighted by Gasteiger charge is -2.37. The first-order valence-corrected chi connectivity index (χ1v) is 5.73. The summed E-state index contributed by atoms with van der Waals surface area (Å²) in [5, 5.41) is 0. The number of Topliss-reactive ketones (excluding diaryl/α,β-unsaturated/α-hetero) is 1. The summed E-state index contributed by atoms with van der Waals surface area (Å²) < 4.78 is 0. The predicted octanol–water partition coefficient (Wildman–Crippen LogP) is 3.08. The van der Waals surface area contributed by atoms with Crippen LogP contribution in [0.5, 0.6) is 0 Å². The molecule has 0 heterocycles. The number of hydrogen-bond acceptors (Lipinski definition) is 2. The van der Waals surface area contributed by atoms with Gasteiger partial charge in [-0.2, -0.15) is 0 Å². The standard InChI is InChI=1S/C14H20O2/c1-10-6-5-7-14(3,4)12(10)8-11(2)13(16)9-15/h6,8-9,12H,5,7H2,1-4H3/b11-8+. The fourth-order valence-corrected chi connectivity index (χ4v) is 2.35. The van der Waals surface area contributed by atoms with Crippen LogP contribution in [0.4, 0.5) is 0 Å². The van der Waals surface area contributed by atoms with E-state index in [2.05, 4.69) is 26.8 Å². The zero-order valence-electron chi connectivity index (χ0n) is 10.5. The van der Waals surface area contributed by atoms with Crippen molar-refractivity contribution < 1.29 is 9.59 Å². The molecule has 2 heteroatoms. The Morgan fingerprint density at radius 3 is 2.62 bits per heavy atom. The van der Waals surface area contributed by atoms with Crippen LogP contribution < -0.4 is 0 Å². The van der Waals surface area contributed by atoms with Gasteiger partial charge in [0.2, 0.25) is 5.78 Å². The maximum atomic E-state index is 11.2. The first-order chi connectivity index (χ1) is 7.38. The molecule has 1 atom stereocenters. The third-order valence-corrected chi connectivity index (χ3v) is 3.50. The molecule has 0 spiro atoms. The van der Waals surface area contributed by atoms with E-state index in [4.69, 9.17) is 0 Å². The van der Waals surface area contributed by atoms with Crippen molar-refractivity contribution in [2.24, 2.45) is 11.3 Å². The first kappa shape index (κ1) is 12.9. The van der Waals surface area contributed by atoms with Crippen LogP contribution in [0.25, 0.3) is 0 Å². The minimum atomic E-state index is -0.408. The fraction of sp³-hybridized carbons (Fsp3) is 0.571. The molecule has 1 rings (SSSR count). The fourth-order valence-electron chi connectivity index (χ4n) is 2.35. The molecule has 1 aliphatic rings. The number of carbonyl (C=O) groups is 2. The Labute approximate surface area is 97.4 Å². The molecule has 0 bridgehead atoms. The lowest BCUT2D eigenvalue weighted by Crippen LogP contribution is -2.27. The lowest BCUT2D eigenvalue weighted by molar-refractivity contribution is -0.127. The van der Waals surface area contributed by atoms with Gasteiger partial charge in [0.25, 0.3) is 0 Å². The Morgan fingerprint density at radius 1 is 1.50 bits per heavy atom.